The largest absolute Gasteiger partial charge is 1.00 e. The third kappa shape index (κ3) is 168. The Hall–Kier alpha value is -1.02. The second-order valence-electron chi connectivity index (χ2n) is 0.733. The lowest BCUT2D eigenvalue weighted by atomic mass is 10.3. The first kappa shape index (κ1) is 10.9. The van der Waals surface area contributed by atoms with Crippen molar-refractivity contribution in [1.82, 2.24) is 0 Å². The van der Waals surface area contributed by atoms with Crippen LogP contribution in [0.25, 0.3) is 0 Å². The molecule has 0 amide bonds. The highest BCUT2D eigenvalue weighted by Gasteiger charge is 2.20. The molecule has 0 heterocycles. The Labute approximate surface area is 47.8 Å². The molecule has 0 aromatic heterocycles. The van der Waals surface area contributed by atoms with Crippen molar-refractivity contribution in [2.45, 2.75) is 0 Å². The van der Waals surface area contributed by atoms with Gasteiger partial charge in [-0.2, -0.15) is 0 Å². The molecular weight excluding hydrogens is 149 g/mol. The van der Waals surface area contributed by atoms with E-state index >= 15 is 0 Å². The van der Waals surface area contributed by atoms with Gasteiger partial charge in [-0.15, -0.1) is 10.1 Å². The van der Waals surface area contributed by atoms with Crippen LogP contribution < -0.4 is 0 Å². The molecular formula is H2BF4NO3. The molecule has 0 atom stereocenters. The second-order valence-corrected chi connectivity index (χ2v) is 0.733. The van der Waals surface area contributed by atoms with Gasteiger partial charge in [0.25, 0.3) is 5.09 Å². The van der Waals surface area contributed by atoms with Crippen LogP contribution in [-0.4, -0.2) is 17.5 Å². The average Bonchev–Trinajstić information content (AvgIpc) is 1.19. The minimum Gasteiger partial charge on any atom is -0.418 e. The standard InChI is InChI=1S/BF4.HNO3/c2-1(3,4)5;2-1(3)4/h;(H,2,3,4)/q-1;/p+1. The Morgan fingerprint density at radius 3 is 1.44 bits per heavy atom. The molecule has 56 valence electrons. The number of hydrogen-bond donors (Lipinski definition) is 1. The number of hydrogen-bond acceptors (Lipinski definition) is 2. The van der Waals surface area contributed by atoms with Gasteiger partial charge in [0.2, 0.25) is 0 Å². The summed E-state index contributed by atoms with van der Waals surface area (Å²) in [6, 6.07) is 0. The number of nitrogens with zero attached hydrogens (tertiary/aromatic N) is 1. The maximum Gasteiger partial charge on any atom is 1.00 e. The summed E-state index contributed by atoms with van der Waals surface area (Å²) in [5, 5.41) is 13.6. The van der Waals surface area contributed by atoms with Gasteiger partial charge >= 0.3 is 8.68 Å². The van der Waals surface area contributed by atoms with Crippen molar-refractivity contribution in [3.8, 4) is 0 Å². The third-order valence-corrected chi connectivity index (χ3v) is 0. The SMILES string of the molecule is F[B-](F)(F)F.O=[N+]([O-])O.[H+]. The van der Waals surface area contributed by atoms with Crippen LogP contribution in [0.3, 0.4) is 0 Å². The molecule has 0 aliphatic rings. The average molecular weight is 151 g/mol. The Balaban J connectivity index is -0.0000000910. The first-order chi connectivity index (χ1) is 3.73. The molecule has 0 aromatic carbocycles. The van der Waals surface area contributed by atoms with Gasteiger partial charge in [-0.25, -0.2) is 0 Å². The zero-order chi connectivity index (χ0) is 8.08. The molecule has 0 radical (unpaired) electrons. The van der Waals surface area contributed by atoms with Crippen molar-refractivity contribution in [2.75, 3.05) is 0 Å². The number of halogens is 4. The van der Waals surface area contributed by atoms with Crippen LogP contribution in [0.4, 0.5) is 17.3 Å². The molecule has 1 N–H and O–H groups in total. The van der Waals surface area contributed by atoms with Gasteiger partial charge in [0, 0.05) is 0 Å². The second kappa shape index (κ2) is 3.92. The van der Waals surface area contributed by atoms with Crippen molar-refractivity contribution in [2.24, 2.45) is 0 Å². The van der Waals surface area contributed by atoms with Gasteiger partial charge in [-0.3, -0.25) is 0 Å². The summed E-state index contributed by atoms with van der Waals surface area (Å²) in [5.41, 5.74) is 0. The maximum atomic E-state index is 9.75. The van der Waals surface area contributed by atoms with Gasteiger partial charge in [-0.05, 0) is 0 Å². The van der Waals surface area contributed by atoms with Gasteiger partial charge < -0.3 is 22.5 Å². The molecule has 9 heavy (non-hydrogen) atoms. The molecule has 0 bridgehead atoms. The van der Waals surface area contributed by atoms with E-state index in [1.54, 1.807) is 0 Å². The van der Waals surface area contributed by atoms with E-state index in [2.05, 4.69) is 0 Å². The summed E-state index contributed by atoms with van der Waals surface area (Å²) in [6.07, 6.45) is 0. The summed E-state index contributed by atoms with van der Waals surface area (Å²) in [6.45, 7) is 0. The zero-order valence-corrected chi connectivity index (χ0v) is 3.80. The van der Waals surface area contributed by atoms with Crippen molar-refractivity contribution in [3.63, 3.8) is 0 Å². The predicted octanol–water partition coefficient (Wildman–Crippen LogP) is 1.06. The first-order valence-corrected chi connectivity index (χ1v) is 1.44. The normalized spacial score (nSPS) is 9.33. The highest BCUT2D eigenvalue weighted by molar-refractivity contribution is 6.50. The van der Waals surface area contributed by atoms with Gasteiger partial charge in [0.05, 0.1) is 0 Å². The molecule has 0 unspecified atom stereocenters. The predicted molar refractivity (Wildman–Crippen MR) is 20.1 cm³/mol. The van der Waals surface area contributed by atoms with E-state index in [0.29, 0.717) is 0 Å². The first-order valence-electron chi connectivity index (χ1n) is 1.44. The summed E-state index contributed by atoms with van der Waals surface area (Å²) in [7, 11) is -6.00. The lowest BCUT2D eigenvalue weighted by molar-refractivity contribution is -0.742. The van der Waals surface area contributed by atoms with E-state index in [4.69, 9.17) is 15.3 Å². The van der Waals surface area contributed by atoms with Crippen LogP contribution in [0.1, 0.15) is 1.43 Å². The molecule has 4 nitrogen and oxygen atoms in total. The summed E-state index contributed by atoms with van der Waals surface area (Å²) < 4.78 is 39.0. The smallest absolute Gasteiger partial charge is 0.418 e. The van der Waals surface area contributed by atoms with Crippen molar-refractivity contribution < 1.29 is 29.0 Å². The molecule has 0 saturated heterocycles. The topological polar surface area (TPSA) is 63.4 Å². The summed E-state index contributed by atoms with van der Waals surface area (Å²) >= 11 is 0. The lowest BCUT2D eigenvalue weighted by Crippen LogP contribution is -2.02. The molecule has 0 fully saturated rings. The highest BCUT2D eigenvalue weighted by atomic mass is 19.5. The van der Waals surface area contributed by atoms with Crippen LogP contribution >= 0.6 is 0 Å². The van der Waals surface area contributed by atoms with E-state index in [1.807, 2.05) is 0 Å². The van der Waals surface area contributed by atoms with E-state index in [9.17, 15) is 17.3 Å². The van der Waals surface area contributed by atoms with E-state index in [1.165, 1.54) is 0 Å². The van der Waals surface area contributed by atoms with Crippen LogP contribution in [0.15, 0.2) is 0 Å². The zero-order valence-electron chi connectivity index (χ0n) is 4.80. The number of rotatable bonds is 0. The summed E-state index contributed by atoms with van der Waals surface area (Å²) in [5.74, 6) is 0. The Bertz CT molecular complexity index is 83.0. The fraction of sp³-hybridized carbons (Fsp3) is 0. The fourth-order valence-corrected chi connectivity index (χ4v) is 0. The monoisotopic (exact) mass is 151 g/mol. The molecule has 9 heteroatoms. The molecule has 0 rings (SSSR count). The Kier molecular flexibility index (Phi) is 4.74. The van der Waals surface area contributed by atoms with Gasteiger partial charge in [0.1, 0.15) is 0 Å². The highest BCUT2D eigenvalue weighted by Crippen LogP contribution is 2.06. The molecule has 0 spiro atoms. The third-order valence-electron chi connectivity index (χ3n) is 0. The fourth-order valence-electron chi connectivity index (χ4n) is 0. The van der Waals surface area contributed by atoms with Crippen LogP contribution in [0.2, 0.25) is 0 Å². The summed E-state index contributed by atoms with van der Waals surface area (Å²) in [4.78, 5) is 8.36. The van der Waals surface area contributed by atoms with Crippen LogP contribution in [0.5, 0.6) is 0 Å². The van der Waals surface area contributed by atoms with E-state index < -0.39 is 12.3 Å². The van der Waals surface area contributed by atoms with E-state index in [-0.39, 0.29) is 1.43 Å². The maximum absolute atomic E-state index is 9.75. The van der Waals surface area contributed by atoms with Crippen molar-refractivity contribution in [1.29, 1.82) is 0 Å². The molecule has 0 aromatic rings. The Morgan fingerprint density at radius 1 is 1.44 bits per heavy atom. The van der Waals surface area contributed by atoms with Gasteiger partial charge in [-0.1, -0.05) is 0 Å². The molecule has 0 aliphatic carbocycles. The van der Waals surface area contributed by atoms with Crippen molar-refractivity contribution in [3.05, 3.63) is 10.1 Å². The minimum atomic E-state index is -6.00. The van der Waals surface area contributed by atoms with Crippen LogP contribution in [-0.2, 0) is 0 Å². The molecule has 0 aliphatic heterocycles. The lowest BCUT2D eigenvalue weighted by Gasteiger charge is -1.94. The molecule has 0 saturated carbocycles. The quantitative estimate of drug-likeness (QED) is 0.243. The minimum absolute atomic E-state index is 0. The van der Waals surface area contributed by atoms with Crippen LogP contribution in [0, 0.1) is 10.1 Å². The van der Waals surface area contributed by atoms with Gasteiger partial charge in [0.15, 0.2) is 0 Å². The van der Waals surface area contributed by atoms with E-state index in [0.717, 1.165) is 0 Å². The Morgan fingerprint density at radius 2 is 1.44 bits per heavy atom. The van der Waals surface area contributed by atoms with Crippen molar-refractivity contribution >= 4 is 7.25 Å².